The highest BCUT2D eigenvalue weighted by Crippen LogP contribution is 2.31. The quantitative estimate of drug-likeness (QED) is 0.204. The molecule has 0 aliphatic heterocycles. The summed E-state index contributed by atoms with van der Waals surface area (Å²) in [6, 6.07) is 9.06. The van der Waals surface area contributed by atoms with E-state index >= 15 is 0 Å². The number of ether oxygens (including phenoxy) is 3. The Morgan fingerprint density at radius 2 is 1.91 bits per heavy atom. The maximum Gasteiger partial charge on any atom is 0.348 e. The number of rotatable bonds is 11. The highest BCUT2D eigenvalue weighted by molar-refractivity contribution is 7.14. The molecule has 0 amide bonds. The van der Waals surface area contributed by atoms with Crippen LogP contribution in [0.4, 0.5) is 0 Å². The lowest BCUT2D eigenvalue weighted by atomic mass is 10.0. The lowest BCUT2D eigenvalue weighted by molar-refractivity contribution is -0.114. The molecule has 0 saturated carbocycles. The summed E-state index contributed by atoms with van der Waals surface area (Å²) in [5, 5.41) is 19.1. The number of benzene rings is 1. The molecule has 0 N–H and O–H groups in total. The summed E-state index contributed by atoms with van der Waals surface area (Å²) in [7, 11) is 0. The molecule has 1 aromatic carbocycles. The highest BCUT2D eigenvalue weighted by Gasteiger charge is 2.23. The van der Waals surface area contributed by atoms with Crippen molar-refractivity contribution in [3.63, 3.8) is 0 Å². The normalized spacial score (nSPS) is 10.6. The smallest absolute Gasteiger partial charge is 0.348 e. The van der Waals surface area contributed by atoms with Crippen molar-refractivity contribution >= 4 is 29.2 Å². The molecule has 2 aromatic rings. The van der Waals surface area contributed by atoms with Crippen LogP contribution < -0.4 is 9.47 Å². The zero-order chi connectivity index (χ0) is 24.4. The fourth-order valence-corrected chi connectivity index (χ4v) is 4.12. The molecule has 0 aliphatic rings. The van der Waals surface area contributed by atoms with Crippen molar-refractivity contribution in [2.75, 3.05) is 19.8 Å². The predicted octanol–water partition coefficient (Wildman–Crippen LogP) is 4.79. The van der Waals surface area contributed by atoms with Gasteiger partial charge in [-0.25, -0.2) is 4.79 Å². The molecule has 0 radical (unpaired) electrons. The molecule has 0 unspecified atom stereocenters. The zero-order valence-electron chi connectivity index (χ0n) is 18.8. The van der Waals surface area contributed by atoms with Gasteiger partial charge >= 0.3 is 5.97 Å². The van der Waals surface area contributed by atoms with Gasteiger partial charge in [-0.15, -0.1) is 11.3 Å². The minimum atomic E-state index is -0.534. The van der Waals surface area contributed by atoms with Crippen molar-refractivity contribution in [1.82, 2.24) is 0 Å². The summed E-state index contributed by atoms with van der Waals surface area (Å²) in [5.74, 6) is 0.0135. The highest BCUT2D eigenvalue weighted by atomic mass is 32.1. The van der Waals surface area contributed by atoms with Crippen molar-refractivity contribution in [3.05, 3.63) is 62.9 Å². The van der Waals surface area contributed by atoms with Crippen LogP contribution in [0.3, 0.4) is 0 Å². The van der Waals surface area contributed by atoms with Crippen molar-refractivity contribution in [3.8, 4) is 23.6 Å². The largest absolute Gasteiger partial charge is 0.490 e. The number of esters is 1. The maximum absolute atomic E-state index is 12.9. The van der Waals surface area contributed by atoms with Crippen LogP contribution in [0.25, 0.3) is 6.08 Å². The van der Waals surface area contributed by atoms with E-state index in [9.17, 15) is 20.1 Å². The summed E-state index contributed by atoms with van der Waals surface area (Å²) < 4.78 is 16.2. The number of nitriles is 2. The molecule has 170 valence electrons. The standard InChI is InChI=1S/C25H24N2O5S/c1-5-10-32-21-9-8-17(12-22(21)30-6-2)11-18(14-26)20(28)13-23-19(15-27)16(4)24(33-23)25(29)31-7-3/h5,8-9,11-12H,1,6-7,10,13H2,2-4H3/b18-11+. The molecular formula is C25H24N2O5S. The number of carbonyl (C=O) groups excluding carboxylic acids is 2. The first kappa shape index (κ1) is 25.4. The van der Waals surface area contributed by atoms with E-state index in [1.54, 1.807) is 38.1 Å². The van der Waals surface area contributed by atoms with E-state index < -0.39 is 11.8 Å². The second-order valence-corrected chi connectivity index (χ2v) is 7.80. The maximum atomic E-state index is 12.9. The monoisotopic (exact) mass is 464 g/mol. The Balaban J connectivity index is 2.34. The molecule has 0 bridgehead atoms. The second kappa shape index (κ2) is 12.2. The number of thiophene rings is 1. The van der Waals surface area contributed by atoms with Gasteiger partial charge in [0.25, 0.3) is 0 Å². The van der Waals surface area contributed by atoms with Gasteiger partial charge in [0.2, 0.25) is 0 Å². The Morgan fingerprint density at radius 3 is 2.52 bits per heavy atom. The molecule has 2 rings (SSSR count). The first-order chi connectivity index (χ1) is 15.9. The lowest BCUT2D eigenvalue weighted by Gasteiger charge is -2.11. The van der Waals surface area contributed by atoms with Crippen molar-refractivity contribution < 1.29 is 23.8 Å². The number of allylic oxidation sites excluding steroid dienone is 1. The summed E-state index contributed by atoms with van der Waals surface area (Å²) in [4.78, 5) is 25.7. The average Bonchev–Trinajstić information content (AvgIpc) is 3.11. The first-order valence-corrected chi connectivity index (χ1v) is 11.1. The Kier molecular flexibility index (Phi) is 9.41. The van der Waals surface area contributed by atoms with Gasteiger partial charge in [0.1, 0.15) is 23.6 Å². The van der Waals surface area contributed by atoms with Crippen molar-refractivity contribution in [2.45, 2.75) is 27.2 Å². The fraction of sp³-hybridized carbons (Fsp3) is 0.280. The number of carbonyl (C=O) groups is 2. The minimum absolute atomic E-state index is 0.0789. The number of nitrogens with zero attached hydrogens (tertiary/aromatic N) is 2. The lowest BCUT2D eigenvalue weighted by Crippen LogP contribution is -2.05. The van der Waals surface area contributed by atoms with Crippen LogP contribution in [0, 0.1) is 29.6 Å². The van der Waals surface area contributed by atoms with Crippen molar-refractivity contribution in [2.24, 2.45) is 0 Å². The van der Waals surface area contributed by atoms with Crippen LogP contribution in [0.15, 0.2) is 36.4 Å². The molecule has 33 heavy (non-hydrogen) atoms. The van der Waals surface area contributed by atoms with Crippen molar-refractivity contribution in [1.29, 1.82) is 10.5 Å². The molecule has 0 aliphatic carbocycles. The molecule has 0 spiro atoms. The van der Waals surface area contributed by atoms with E-state index in [4.69, 9.17) is 14.2 Å². The van der Waals surface area contributed by atoms with Gasteiger partial charge in [0, 0.05) is 11.3 Å². The molecule has 1 heterocycles. The molecular weight excluding hydrogens is 440 g/mol. The topological polar surface area (TPSA) is 109 Å². The molecule has 1 aromatic heterocycles. The second-order valence-electron chi connectivity index (χ2n) is 6.70. The number of hydrogen-bond acceptors (Lipinski definition) is 8. The van der Waals surface area contributed by atoms with E-state index in [1.165, 1.54) is 6.08 Å². The van der Waals surface area contributed by atoms with Gasteiger partial charge < -0.3 is 14.2 Å². The number of Topliss-reactive ketones (excluding diaryl/α,β-unsaturated/α-hetero) is 1. The number of ketones is 1. The van der Waals surface area contributed by atoms with E-state index in [0.717, 1.165) is 11.3 Å². The van der Waals surface area contributed by atoms with Gasteiger partial charge in [0.05, 0.1) is 24.4 Å². The van der Waals surface area contributed by atoms with Crippen LogP contribution in [0.2, 0.25) is 0 Å². The van der Waals surface area contributed by atoms with E-state index in [-0.39, 0.29) is 29.0 Å². The van der Waals surface area contributed by atoms with E-state index in [0.29, 0.717) is 40.7 Å². The molecule has 0 fully saturated rings. The third-order valence-corrected chi connectivity index (χ3v) is 5.74. The van der Waals surface area contributed by atoms with Gasteiger partial charge in [-0.1, -0.05) is 18.7 Å². The molecule has 7 nitrogen and oxygen atoms in total. The third kappa shape index (κ3) is 6.31. The van der Waals surface area contributed by atoms with Gasteiger partial charge in [0.15, 0.2) is 17.3 Å². The summed E-state index contributed by atoms with van der Waals surface area (Å²) in [5.41, 5.74) is 1.24. The van der Waals surface area contributed by atoms with Gasteiger partial charge in [-0.3, -0.25) is 4.79 Å². The van der Waals surface area contributed by atoms with Crippen LogP contribution in [-0.2, 0) is 16.0 Å². The first-order valence-electron chi connectivity index (χ1n) is 10.2. The third-order valence-electron chi connectivity index (χ3n) is 4.47. The average molecular weight is 465 g/mol. The SMILES string of the molecule is C=CCOc1ccc(/C=C(\C#N)C(=O)Cc2sc(C(=O)OCC)c(C)c2C#N)cc1OCC. The Bertz CT molecular complexity index is 1160. The summed E-state index contributed by atoms with van der Waals surface area (Å²) in [6.07, 6.45) is 2.90. The molecule has 0 atom stereocenters. The zero-order valence-corrected chi connectivity index (χ0v) is 19.6. The predicted molar refractivity (Wildman–Crippen MR) is 125 cm³/mol. The Morgan fingerprint density at radius 1 is 1.15 bits per heavy atom. The van der Waals surface area contributed by atoms with Crippen LogP contribution >= 0.6 is 11.3 Å². The summed E-state index contributed by atoms with van der Waals surface area (Å²) in [6.45, 7) is 9.72. The molecule has 8 heteroatoms. The Labute approximate surface area is 197 Å². The van der Waals surface area contributed by atoms with Crippen LogP contribution in [0.1, 0.15) is 45.1 Å². The number of hydrogen-bond donors (Lipinski definition) is 0. The van der Waals surface area contributed by atoms with E-state index in [1.807, 2.05) is 19.1 Å². The van der Waals surface area contributed by atoms with Crippen LogP contribution in [0.5, 0.6) is 11.5 Å². The Hall–Kier alpha value is -3.88. The van der Waals surface area contributed by atoms with Crippen LogP contribution in [-0.4, -0.2) is 31.6 Å². The van der Waals surface area contributed by atoms with Gasteiger partial charge in [-0.2, -0.15) is 10.5 Å². The molecule has 0 saturated heterocycles. The fourth-order valence-electron chi connectivity index (χ4n) is 2.97. The van der Waals surface area contributed by atoms with E-state index in [2.05, 4.69) is 6.58 Å². The minimum Gasteiger partial charge on any atom is -0.490 e. The van der Waals surface area contributed by atoms with Gasteiger partial charge in [-0.05, 0) is 50.1 Å². The summed E-state index contributed by atoms with van der Waals surface area (Å²) >= 11 is 1.04.